The fourth-order valence-electron chi connectivity index (χ4n) is 6.18. The molecule has 0 aliphatic rings. The highest BCUT2D eigenvalue weighted by atomic mass is 16.6. The molecule has 0 saturated carbocycles. The molecule has 0 aromatic carbocycles. The molecule has 6 nitrogen and oxygen atoms in total. The summed E-state index contributed by atoms with van der Waals surface area (Å²) in [6.45, 7) is 6.41. The Labute approximate surface area is 351 Å². The molecular weight excluding hydrogens is 709 g/mol. The number of allylic oxidation sites excluding steroid dienone is 12. The molecule has 0 spiro atoms. The number of hydrogen-bond acceptors (Lipinski definition) is 6. The van der Waals surface area contributed by atoms with Crippen LogP contribution in [0.1, 0.15) is 213 Å². The molecule has 0 radical (unpaired) electrons. The van der Waals surface area contributed by atoms with Crippen LogP contribution < -0.4 is 0 Å². The number of rotatable bonds is 41. The molecule has 1 atom stereocenters. The average Bonchev–Trinajstić information content (AvgIpc) is 3.21. The van der Waals surface area contributed by atoms with Gasteiger partial charge in [0.15, 0.2) is 6.10 Å². The summed E-state index contributed by atoms with van der Waals surface area (Å²) in [5, 5.41) is 0. The van der Waals surface area contributed by atoms with Gasteiger partial charge in [-0.1, -0.05) is 184 Å². The van der Waals surface area contributed by atoms with Gasteiger partial charge in [0, 0.05) is 19.3 Å². The Morgan fingerprint density at radius 3 is 1.19 bits per heavy atom. The Morgan fingerprint density at radius 1 is 0.368 bits per heavy atom. The van der Waals surface area contributed by atoms with E-state index in [1.807, 2.05) is 0 Å². The first-order valence-electron chi connectivity index (χ1n) is 23.4. The summed E-state index contributed by atoms with van der Waals surface area (Å²) < 4.78 is 16.7. The van der Waals surface area contributed by atoms with E-state index >= 15 is 0 Å². The Balaban J connectivity index is 4.47. The third-order valence-corrected chi connectivity index (χ3v) is 9.70. The lowest BCUT2D eigenvalue weighted by molar-refractivity contribution is -0.167. The summed E-state index contributed by atoms with van der Waals surface area (Å²) in [5.41, 5.74) is 0. The molecule has 57 heavy (non-hydrogen) atoms. The molecule has 0 rings (SSSR count). The molecule has 0 aromatic heterocycles. The van der Waals surface area contributed by atoms with Crippen molar-refractivity contribution >= 4 is 17.9 Å². The van der Waals surface area contributed by atoms with Crippen LogP contribution in [0.3, 0.4) is 0 Å². The number of ether oxygens (including phenoxy) is 3. The Kier molecular flexibility index (Phi) is 43.0. The molecule has 6 heteroatoms. The first kappa shape index (κ1) is 53.9. The van der Waals surface area contributed by atoms with Crippen LogP contribution in [-0.2, 0) is 28.6 Å². The van der Waals surface area contributed by atoms with Crippen LogP contribution in [0.5, 0.6) is 0 Å². The van der Waals surface area contributed by atoms with Crippen molar-refractivity contribution in [1.29, 1.82) is 0 Å². The minimum Gasteiger partial charge on any atom is -0.462 e. The summed E-state index contributed by atoms with van der Waals surface area (Å²) in [6, 6.07) is 0. The van der Waals surface area contributed by atoms with E-state index in [1.54, 1.807) is 0 Å². The molecule has 0 bridgehead atoms. The molecule has 0 saturated heterocycles. The highest BCUT2D eigenvalue weighted by molar-refractivity contribution is 5.71. The van der Waals surface area contributed by atoms with Crippen LogP contribution in [0.4, 0.5) is 0 Å². The topological polar surface area (TPSA) is 78.9 Å². The second kappa shape index (κ2) is 45.6. The standard InChI is InChI=1S/C51H86O6/c1-4-7-10-13-16-19-22-24-25-26-27-28-30-32-35-38-41-44-50(53)56-47-48(46-55-49(52)43-40-37-34-31-21-18-15-12-9-6-3)57-51(54)45-42-39-36-33-29-23-20-17-14-11-8-5-2/h7,10,16-17,19-20,24-25,27-28,32,35,48H,4-6,8-9,11-15,18,21-23,26,29-31,33-34,36-47H2,1-3H3/b10-7-,19-16-,20-17-,25-24-,28-27-,35-32-/t48-/m1/s1. The maximum absolute atomic E-state index is 12.7. The molecular formula is C51H86O6. The summed E-state index contributed by atoms with van der Waals surface area (Å²) in [7, 11) is 0. The van der Waals surface area contributed by atoms with Crippen LogP contribution >= 0.6 is 0 Å². The maximum atomic E-state index is 12.7. The van der Waals surface area contributed by atoms with Crippen molar-refractivity contribution in [2.45, 2.75) is 219 Å². The number of esters is 3. The van der Waals surface area contributed by atoms with Gasteiger partial charge in [-0.15, -0.1) is 0 Å². The quantitative estimate of drug-likeness (QED) is 0.0265. The van der Waals surface area contributed by atoms with Crippen LogP contribution in [0, 0.1) is 0 Å². The summed E-state index contributed by atoms with van der Waals surface area (Å²) in [4.78, 5) is 37.7. The van der Waals surface area contributed by atoms with Crippen LogP contribution in [0.15, 0.2) is 72.9 Å². The van der Waals surface area contributed by atoms with Crippen molar-refractivity contribution in [3.8, 4) is 0 Å². The minimum atomic E-state index is -0.798. The molecule has 0 unspecified atom stereocenters. The van der Waals surface area contributed by atoms with Gasteiger partial charge in [-0.25, -0.2) is 0 Å². The van der Waals surface area contributed by atoms with Gasteiger partial charge in [-0.3, -0.25) is 14.4 Å². The van der Waals surface area contributed by atoms with E-state index in [1.165, 1.54) is 77.0 Å². The van der Waals surface area contributed by atoms with Gasteiger partial charge in [0.05, 0.1) is 0 Å². The first-order valence-corrected chi connectivity index (χ1v) is 23.4. The molecule has 0 amide bonds. The van der Waals surface area contributed by atoms with Gasteiger partial charge >= 0.3 is 17.9 Å². The van der Waals surface area contributed by atoms with Gasteiger partial charge in [-0.2, -0.15) is 0 Å². The van der Waals surface area contributed by atoms with Crippen molar-refractivity contribution in [2.75, 3.05) is 13.2 Å². The third kappa shape index (κ3) is 43.8. The Bertz CT molecular complexity index is 1100. The van der Waals surface area contributed by atoms with Gasteiger partial charge in [-0.05, 0) is 83.5 Å². The summed E-state index contributed by atoms with van der Waals surface area (Å²) in [6.07, 6.45) is 56.0. The van der Waals surface area contributed by atoms with Gasteiger partial charge < -0.3 is 14.2 Å². The third-order valence-electron chi connectivity index (χ3n) is 9.70. The molecule has 0 aromatic rings. The minimum absolute atomic E-state index is 0.0956. The van der Waals surface area contributed by atoms with Gasteiger partial charge in [0.2, 0.25) is 0 Å². The van der Waals surface area contributed by atoms with Crippen molar-refractivity contribution in [3.05, 3.63) is 72.9 Å². The van der Waals surface area contributed by atoms with E-state index in [0.29, 0.717) is 19.3 Å². The highest BCUT2D eigenvalue weighted by Crippen LogP contribution is 2.13. The van der Waals surface area contributed by atoms with Crippen LogP contribution in [0.25, 0.3) is 0 Å². The van der Waals surface area contributed by atoms with Crippen molar-refractivity contribution < 1.29 is 28.6 Å². The smallest absolute Gasteiger partial charge is 0.306 e. The van der Waals surface area contributed by atoms with E-state index in [4.69, 9.17) is 14.2 Å². The van der Waals surface area contributed by atoms with E-state index in [9.17, 15) is 14.4 Å². The fraction of sp³-hybridized carbons (Fsp3) is 0.706. The number of carbonyl (C=O) groups excluding carboxylic acids is 3. The largest absolute Gasteiger partial charge is 0.462 e. The number of carbonyl (C=O) groups is 3. The summed E-state index contributed by atoms with van der Waals surface area (Å²) in [5.74, 6) is -0.971. The lowest BCUT2D eigenvalue weighted by atomic mass is 10.1. The predicted molar refractivity (Wildman–Crippen MR) is 242 cm³/mol. The zero-order valence-corrected chi connectivity index (χ0v) is 37.1. The molecule has 0 N–H and O–H groups in total. The lowest BCUT2D eigenvalue weighted by Gasteiger charge is -2.18. The molecule has 0 heterocycles. The predicted octanol–water partition coefficient (Wildman–Crippen LogP) is 15.1. The lowest BCUT2D eigenvalue weighted by Crippen LogP contribution is -2.30. The molecule has 0 aliphatic carbocycles. The van der Waals surface area contributed by atoms with Crippen molar-refractivity contribution in [2.24, 2.45) is 0 Å². The molecule has 0 aliphatic heterocycles. The second-order valence-corrected chi connectivity index (χ2v) is 15.3. The maximum Gasteiger partial charge on any atom is 0.306 e. The van der Waals surface area contributed by atoms with Crippen LogP contribution in [-0.4, -0.2) is 37.2 Å². The highest BCUT2D eigenvalue weighted by Gasteiger charge is 2.19. The SMILES string of the molecule is CC/C=C\C/C=C\C/C=C\C/C=C\C/C=C\CCCC(=O)OC[C@@H](COC(=O)CCCCCCCCCCCC)OC(=O)CCCCCCC/C=C\CCCCC. The van der Waals surface area contributed by atoms with E-state index in [2.05, 4.69) is 93.7 Å². The van der Waals surface area contributed by atoms with Crippen LogP contribution in [0.2, 0.25) is 0 Å². The van der Waals surface area contributed by atoms with Gasteiger partial charge in [0.1, 0.15) is 13.2 Å². The van der Waals surface area contributed by atoms with E-state index in [0.717, 1.165) is 89.9 Å². The fourth-order valence-corrected chi connectivity index (χ4v) is 6.18. The zero-order valence-electron chi connectivity index (χ0n) is 37.1. The summed E-state index contributed by atoms with van der Waals surface area (Å²) >= 11 is 0. The molecule has 0 fully saturated rings. The number of hydrogen-bond donors (Lipinski definition) is 0. The van der Waals surface area contributed by atoms with Crippen molar-refractivity contribution in [3.63, 3.8) is 0 Å². The normalized spacial score (nSPS) is 12.7. The average molecular weight is 795 g/mol. The Morgan fingerprint density at radius 2 is 0.702 bits per heavy atom. The van der Waals surface area contributed by atoms with E-state index in [-0.39, 0.29) is 37.5 Å². The van der Waals surface area contributed by atoms with Crippen molar-refractivity contribution in [1.82, 2.24) is 0 Å². The zero-order chi connectivity index (χ0) is 41.5. The Hall–Kier alpha value is -3.15. The van der Waals surface area contributed by atoms with Gasteiger partial charge in [0.25, 0.3) is 0 Å². The second-order valence-electron chi connectivity index (χ2n) is 15.3. The monoisotopic (exact) mass is 795 g/mol. The first-order chi connectivity index (χ1) is 28.0. The van der Waals surface area contributed by atoms with E-state index < -0.39 is 6.10 Å². The number of unbranched alkanes of at least 4 members (excludes halogenated alkanes) is 18. The molecule has 326 valence electrons.